The van der Waals surface area contributed by atoms with Crippen molar-refractivity contribution in [3.8, 4) is 11.5 Å². The van der Waals surface area contributed by atoms with Gasteiger partial charge in [0, 0.05) is 24.3 Å². The molecule has 1 saturated heterocycles. The molecule has 118 valence electrons. The first-order chi connectivity index (χ1) is 10.6. The molecular weight excluding hydrogens is 286 g/mol. The monoisotopic (exact) mass is 305 g/mol. The van der Waals surface area contributed by atoms with Gasteiger partial charge in [-0.3, -0.25) is 4.79 Å². The van der Waals surface area contributed by atoms with Crippen molar-refractivity contribution in [2.24, 2.45) is 0 Å². The van der Waals surface area contributed by atoms with Crippen LogP contribution < -0.4 is 9.47 Å². The van der Waals surface area contributed by atoms with Crippen LogP contribution in [0, 0.1) is 0 Å². The number of hydrogen-bond acceptors (Lipinski definition) is 4. The predicted octanol–water partition coefficient (Wildman–Crippen LogP) is 1.79. The molecule has 0 aliphatic carbocycles. The van der Waals surface area contributed by atoms with Crippen LogP contribution in [0.5, 0.6) is 11.5 Å². The van der Waals surface area contributed by atoms with Crippen LogP contribution in [0.4, 0.5) is 0 Å². The van der Waals surface area contributed by atoms with Crippen molar-refractivity contribution in [3.63, 3.8) is 0 Å². The second-order valence-electron chi connectivity index (χ2n) is 4.97. The van der Waals surface area contributed by atoms with Crippen molar-refractivity contribution < 1.29 is 24.2 Å². The summed E-state index contributed by atoms with van der Waals surface area (Å²) in [6.45, 7) is 0.472. The summed E-state index contributed by atoms with van der Waals surface area (Å²) in [5.74, 6) is -0.0190. The molecule has 0 bridgehead atoms. The molecule has 1 atom stereocenters. The quantitative estimate of drug-likeness (QED) is 0.839. The maximum absolute atomic E-state index is 12.2. The van der Waals surface area contributed by atoms with Crippen LogP contribution in [0.15, 0.2) is 24.3 Å². The van der Waals surface area contributed by atoms with E-state index in [2.05, 4.69) is 0 Å². The summed E-state index contributed by atoms with van der Waals surface area (Å²) < 4.78 is 10.4. The van der Waals surface area contributed by atoms with E-state index < -0.39 is 12.0 Å². The normalized spacial score (nSPS) is 17.7. The Balaban J connectivity index is 2.14. The molecule has 1 amide bonds. The lowest BCUT2D eigenvalue weighted by Crippen LogP contribution is -2.39. The van der Waals surface area contributed by atoms with Gasteiger partial charge in [-0.05, 0) is 31.1 Å². The van der Waals surface area contributed by atoms with Crippen LogP contribution in [0.3, 0.4) is 0 Å². The fourth-order valence-electron chi connectivity index (χ4n) is 2.50. The SMILES string of the molecule is COc1ccc(C=CC(=O)N2CCC[C@@H]2C(=O)O)c(OC)c1. The Morgan fingerprint density at radius 2 is 2.09 bits per heavy atom. The summed E-state index contributed by atoms with van der Waals surface area (Å²) in [4.78, 5) is 24.7. The molecule has 1 N–H and O–H groups in total. The van der Waals surface area contributed by atoms with Gasteiger partial charge in [-0.15, -0.1) is 0 Å². The number of carboxylic acids is 1. The van der Waals surface area contributed by atoms with Crippen molar-refractivity contribution in [2.75, 3.05) is 20.8 Å². The van der Waals surface area contributed by atoms with Crippen molar-refractivity contribution in [1.29, 1.82) is 0 Å². The van der Waals surface area contributed by atoms with Gasteiger partial charge in [-0.2, -0.15) is 0 Å². The number of rotatable bonds is 5. The third kappa shape index (κ3) is 3.39. The molecule has 6 nitrogen and oxygen atoms in total. The highest BCUT2D eigenvalue weighted by molar-refractivity contribution is 5.95. The number of likely N-dealkylation sites (tertiary alicyclic amines) is 1. The number of nitrogens with zero attached hydrogens (tertiary/aromatic N) is 1. The van der Waals surface area contributed by atoms with E-state index in [0.29, 0.717) is 30.9 Å². The lowest BCUT2D eigenvalue weighted by molar-refractivity contribution is -0.146. The largest absolute Gasteiger partial charge is 0.497 e. The number of carboxylic acid groups (broad SMARTS) is 1. The van der Waals surface area contributed by atoms with Crippen molar-refractivity contribution in [2.45, 2.75) is 18.9 Å². The second kappa shape index (κ2) is 6.98. The summed E-state index contributed by atoms with van der Waals surface area (Å²) in [5, 5.41) is 9.11. The van der Waals surface area contributed by atoms with E-state index in [1.54, 1.807) is 31.4 Å². The van der Waals surface area contributed by atoms with E-state index in [4.69, 9.17) is 14.6 Å². The molecule has 0 spiro atoms. The minimum Gasteiger partial charge on any atom is -0.497 e. The third-order valence-electron chi connectivity index (χ3n) is 3.67. The molecule has 1 fully saturated rings. The maximum atomic E-state index is 12.2. The standard InChI is InChI=1S/C16H19NO5/c1-21-12-7-5-11(14(10-12)22-2)6-8-15(18)17-9-3-4-13(17)16(19)20/h5-8,10,13H,3-4,9H2,1-2H3,(H,19,20)/t13-/m1/s1. The summed E-state index contributed by atoms with van der Waals surface area (Å²) in [5.41, 5.74) is 0.725. The van der Waals surface area contributed by atoms with Crippen molar-refractivity contribution >= 4 is 18.0 Å². The van der Waals surface area contributed by atoms with Crippen molar-refractivity contribution in [3.05, 3.63) is 29.8 Å². The molecule has 1 aliphatic rings. The summed E-state index contributed by atoms with van der Waals surface area (Å²) in [7, 11) is 3.10. The summed E-state index contributed by atoms with van der Waals surface area (Å²) >= 11 is 0. The Bertz CT molecular complexity index is 596. The van der Waals surface area contributed by atoms with Gasteiger partial charge in [-0.25, -0.2) is 4.79 Å². The van der Waals surface area contributed by atoms with Gasteiger partial charge in [0.15, 0.2) is 0 Å². The van der Waals surface area contributed by atoms with Gasteiger partial charge in [0.2, 0.25) is 5.91 Å². The van der Waals surface area contributed by atoms with Crippen molar-refractivity contribution in [1.82, 2.24) is 4.90 Å². The molecule has 0 unspecified atom stereocenters. The highest BCUT2D eigenvalue weighted by atomic mass is 16.5. The number of amides is 1. The predicted molar refractivity (Wildman–Crippen MR) is 81.0 cm³/mol. The van der Waals surface area contributed by atoms with E-state index in [0.717, 1.165) is 5.56 Å². The number of carbonyl (C=O) groups excluding carboxylic acids is 1. The fraction of sp³-hybridized carbons (Fsp3) is 0.375. The number of ether oxygens (including phenoxy) is 2. The first kappa shape index (κ1) is 15.9. The van der Waals surface area contributed by atoms with E-state index >= 15 is 0 Å². The topological polar surface area (TPSA) is 76.1 Å². The van der Waals surface area contributed by atoms with E-state index in [9.17, 15) is 9.59 Å². The molecule has 22 heavy (non-hydrogen) atoms. The molecule has 1 aromatic carbocycles. The molecule has 1 aromatic rings. The molecule has 1 aliphatic heterocycles. The molecule has 0 saturated carbocycles. The minimum absolute atomic E-state index is 0.303. The average Bonchev–Trinajstić information content (AvgIpc) is 3.02. The van der Waals surface area contributed by atoms with Crippen LogP contribution in [-0.2, 0) is 9.59 Å². The van der Waals surface area contributed by atoms with Gasteiger partial charge in [0.1, 0.15) is 17.5 Å². The number of methoxy groups -OCH3 is 2. The zero-order valence-electron chi connectivity index (χ0n) is 12.6. The van der Waals surface area contributed by atoms with Gasteiger partial charge >= 0.3 is 5.97 Å². The van der Waals surface area contributed by atoms with Crippen LogP contribution in [0.1, 0.15) is 18.4 Å². The Hall–Kier alpha value is -2.50. The van der Waals surface area contributed by atoms with E-state index in [1.807, 2.05) is 0 Å². The Morgan fingerprint density at radius 1 is 1.32 bits per heavy atom. The number of carbonyl (C=O) groups is 2. The van der Waals surface area contributed by atoms with Gasteiger partial charge in [-0.1, -0.05) is 0 Å². The second-order valence-corrected chi connectivity index (χ2v) is 4.97. The van der Waals surface area contributed by atoms with Gasteiger partial charge < -0.3 is 19.5 Å². The van der Waals surface area contributed by atoms with Gasteiger partial charge in [0.25, 0.3) is 0 Å². The lowest BCUT2D eigenvalue weighted by Gasteiger charge is -2.19. The fourth-order valence-corrected chi connectivity index (χ4v) is 2.50. The lowest BCUT2D eigenvalue weighted by atomic mass is 10.1. The molecule has 1 heterocycles. The van der Waals surface area contributed by atoms with E-state index in [1.165, 1.54) is 18.1 Å². The highest BCUT2D eigenvalue weighted by Crippen LogP contribution is 2.26. The summed E-state index contributed by atoms with van der Waals surface area (Å²) in [6.07, 6.45) is 4.21. The zero-order chi connectivity index (χ0) is 16.1. The average molecular weight is 305 g/mol. The Morgan fingerprint density at radius 3 is 2.73 bits per heavy atom. The van der Waals surface area contributed by atoms with Crippen LogP contribution in [0.2, 0.25) is 0 Å². The smallest absolute Gasteiger partial charge is 0.326 e. The van der Waals surface area contributed by atoms with Crippen LogP contribution >= 0.6 is 0 Å². The number of benzene rings is 1. The first-order valence-corrected chi connectivity index (χ1v) is 7.00. The zero-order valence-corrected chi connectivity index (χ0v) is 12.6. The van der Waals surface area contributed by atoms with Crippen LogP contribution in [0.25, 0.3) is 6.08 Å². The molecule has 6 heteroatoms. The van der Waals surface area contributed by atoms with Gasteiger partial charge in [0.05, 0.1) is 14.2 Å². The summed E-state index contributed by atoms with van der Waals surface area (Å²) in [6, 6.07) is 4.54. The molecule has 0 aromatic heterocycles. The Kier molecular flexibility index (Phi) is 5.04. The highest BCUT2D eigenvalue weighted by Gasteiger charge is 2.32. The molecular formula is C16H19NO5. The Labute approximate surface area is 128 Å². The minimum atomic E-state index is -0.957. The number of hydrogen-bond donors (Lipinski definition) is 1. The maximum Gasteiger partial charge on any atom is 0.326 e. The molecule has 2 rings (SSSR count). The first-order valence-electron chi connectivity index (χ1n) is 7.00. The van der Waals surface area contributed by atoms with E-state index in [-0.39, 0.29) is 5.91 Å². The molecule has 0 radical (unpaired) electrons. The number of aliphatic carboxylic acids is 1. The third-order valence-corrected chi connectivity index (χ3v) is 3.67. The van der Waals surface area contributed by atoms with Crippen LogP contribution in [-0.4, -0.2) is 48.7 Å².